The Bertz CT molecular complexity index is 2990. The van der Waals surface area contributed by atoms with Crippen molar-refractivity contribution in [2.45, 2.75) is 165 Å². The maximum atomic E-state index is 14.9. The number of benzene rings is 3. The van der Waals surface area contributed by atoms with Crippen molar-refractivity contribution < 1.29 is 87.5 Å². The number of aliphatic hydroxyl groups is 3. The van der Waals surface area contributed by atoms with E-state index in [1.807, 2.05) is 19.9 Å². The van der Waals surface area contributed by atoms with Gasteiger partial charge in [-0.3, -0.25) is 19.2 Å². The van der Waals surface area contributed by atoms with Crippen LogP contribution in [0.5, 0.6) is 23.0 Å². The van der Waals surface area contributed by atoms with Gasteiger partial charge in [0.05, 0.1) is 36.1 Å². The van der Waals surface area contributed by atoms with Crippen molar-refractivity contribution in [1.29, 1.82) is 0 Å². The highest BCUT2D eigenvalue weighted by molar-refractivity contribution is 6.39. The molecule has 3 aromatic rings. The first-order valence-electron chi connectivity index (χ1n) is 28.8. The zero-order valence-corrected chi connectivity index (χ0v) is 48.3. The smallest absolute Gasteiger partial charge is 0.340 e. The molecule has 20 nitrogen and oxygen atoms in total. The quantitative estimate of drug-likeness (QED) is 0.0747. The third kappa shape index (κ3) is 12.2. The van der Waals surface area contributed by atoms with Gasteiger partial charge in [-0.2, -0.15) is 0 Å². The summed E-state index contributed by atoms with van der Waals surface area (Å²) in [5.74, 6) is -10.7. The number of Topliss-reactive ketones (excluding diaryl/α,β-unsaturated/α-hetero) is 2. The Balaban J connectivity index is 1.04. The van der Waals surface area contributed by atoms with Gasteiger partial charge in [-0.1, -0.05) is 44.6 Å². The van der Waals surface area contributed by atoms with Gasteiger partial charge < -0.3 is 68.9 Å². The molecule has 20 heteroatoms. The monoisotopic (exact) mass is 1150 g/mol. The van der Waals surface area contributed by atoms with Crippen LogP contribution in [0.2, 0.25) is 0 Å². The van der Waals surface area contributed by atoms with Crippen LogP contribution < -0.4 is 10.1 Å². The summed E-state index contributed by atoms with van der Waals surface area (Å²) in [6.07, 6.45) is -0.0830. The van der Waals surface area contributed by atoms with Crippen LogP contribution in [0.25, 0.3) is 0 Å². The SMILES string of the molecule is CO[C@H]1C[C@@H](C)C/C(C)=C/[C@@H](CC(=O)Nc2ccc3c(c2)C(=O)OC32c3ccc(O)cc3Oc3cc(O)ccc32)C(=O)C[C@H](O)[C@@H](C)[C@@H](/C(C)=C/[C@@H]2CC[C@@H](O)[C@H](OC)C2)OC(=O)[C@@H]2CCCCN2C(=O)C(=O)[C@]2(O)O[C@H]1[C@@H](OC)C[C@H]2C. The van der Waals surface area contributed by atoms with Crippen molar-refractivity contribution in [1.82, 2.24) is 4.90 Å². The number of ketones is 2. The second kappa shape index (κ2) is 25.0. The molecule has 5 aliphatic heterocycles. The van der Waals surface area contributed by atoms with Gasteiger partial charge in [0.15, 0.2) is 5.60 Å². The lowest BCUT2D eigenvalue weighted by Crippen LogP contribution is -2.64. The molecule has 0 aromatic heterocycles. The van der Waals surface area contributed by atoms with Gasteiger partial charge >= 0.3 is 11.9 Å². The van der Waals surface area contributed by atoms with E-state index < -0.39 is 126 Å². The third-order valence-electron chi connectivity index (χ3n) is 17.9. The number of ether oxygens (including phenoxy) is 7. The van der Waals surface area contributed by atoms with Crippen molar-refractivity contribution in [2.75, 3.05) is 33.2 Å². The van der Waals surface area contributed by atoms with Gasteiger partial charge in [0, 0.05) is 93.0 Å². The van der Waals surface area contributed by atoms with Crippen molar-refractivity contribution in [3.63, 3.8) is 0 Å². The lowest BCUT2D eigenvalue weighted by molar-refractivity contribution is -0.302. The van der Waals surface area contributed by atoms with Gasteiger partial charge in [0.1, 0.15) is 47.0 Å². The van der Waals surface area contributed by atoms with Gasteiger partial charge in [0.25, 0.3) is 11.7 Å². The fraction of sp³-hybridized carbons (Fsp3) is 0.556. The Morgan fingerprint density at radius 2 is 1.45 bits per heavy atom. The summed E-state index contributed by atoms with van der Waals surface area (Å²) in [6.45, 7) is 8.75. The number of cyclic esters (lactones) is 1. The van der Waals surface area contributed by atoms with Crippen LogP contribution in [0.15, 0.2) is 77.9 Å². The summed E-state index contributed by atoms with van der Waals surface area (Å²) in [5.41, 5.74) is 1.29. The fourth-order valence-electron chi connectivity index (χ4n) is 13.4. The zero-order chi connectivity index (χ0) is 59.8. The Morgan fingerprint density at radius 1 is 0.795 bits per heavy atom. The highest BCUT2D eigenvalue weighted by Gasteiger charge is 2.57. The lowest BCUT2D eigenvalue weighted by atomic mass is 9.77. The first kappa shape index (κ1) is 61.1. The summed E-state index contributed by atoms with van der Waals surface area (Å²) in [6, 6.07) is 12.3. The van der Waals surface area contributed by atoms with E-state index in [0.29, 0.717) is 72.8 Å². The van der Waals surface area contributed by atoms with Gasteiger partial charge in [-0.15, -0.1) is 0 Å². The number of fused-ring (bicyclic) bond motifs is 9. The molecule has 2 saturated heterocycles. The molecule has 3 fully saturated rings. The van der Waals surface area contributed by atoms with E-state index in [1.165, 1.54) is 51.7 Å². The van der Waals surface area contributed by atoms with Gasteiger partial charge in [0.2, 0.25) is 11.7 Å². The molecule has 2 bridgehead atoms. The minimum absolute atomic E-state index is 0.00648. The number of anilines is 1. The molecule has 2 amide bonds. The summed E-state index contributed by atoms with van der Waals surface area (Å²) < 4.78 is 42.4. The number of carbonyl (C=O) groups is 6. The van der Waals surface area contributed by atoms with E-state index in [2.05, 4.69) is 5.32 Å². The number of allylic oxidation sites excluding steroid dienone is 3. The molecule has 9 rings (SSSR count). The average molecular weight is 1150 g/mol. The molecule has 0 unspecified atom stereocenters. The molecule has 6 aliphatic rings. The van der Waals surface area contributed by atoms with Crippen LogP contribution >= 0.6 is 0 Å². The van der Waals surface area contributed by atoms with Crippen LogP contribution in [0.4, 0.5) is 5.69 Å². The van der Waals surface area contributed by atoms with Gasteiger partial charge in [-0.25, -0.2) is 9.59 Å². The van der Waals surface area contributed by atoms with Crippen molar-refractivity contribution in [3.05, 3.63) is 100 Å². The van der Waals surface area contributed by atoms with E-state index in [1.54, 1.807) is 51.1 Å². The first-order valence-corrected chi connectivity index (χ1v) is 28.8. The normalized spacial score (nSPS) is 33.2. The lowest BCUT2D eigenvalue weighted by Gasteiger charge is -2.47. The zero-order valence-electron chi connectivity index (χ0n) is 48.3. The van der Waals surface area contributed by atoms with E-state index in [-0.39, 0.29) is 65.5 Å². The second-order valence-electron chi connectivity index (χ2n) is 23.8. The number of esters is 2. The average Bonchev–Trinajstić information content (AvgIpc) is 1.83. The number of hydrogen-bond donors (Lipinski definition) is 6. The molecule has 83 heavy (non-hydrogen) atoms. The molecule has 3 aromatic carbocycles. The fourth-order valence-corrected chi connectivity index (χ4v) is 13.4. The summed E-state index contributed by atoms with van der Waals surface area (Å²) in [5, 5.41) is 58.7. The van der Waals surface area contributed by atoms with Crippen molar-refractivity contribution >= 4 is 41.0 Å². The van der Waals surface area contributed by atoms with Crippen LogP contribution in [0.3, 0.4) is 0 Å². The second-order valence-corrected chi connectivity index (χ2v) is 23.8. The molecule has 14 atom stereocenters. The van der Waals surface area contributed by atoms with Crippen LogP contribution in [0.1, 0.15) is 132 Å². The minimum Gasteiger partial charge on any atom is -0.508 e. The highest BCUT2D eigenvalue weighted by Crippen LogP contribution is 2.57. The van der Waals surface area contributed by atoms with E-state index in [9.17, 15) is 54.3 Å². The number of nitrogens with one attached hydrogen (secondary N) is 1. The van der Waals surface area contributed by atoms with Crippen LogP contribution in [-0.4, -0.2) is 148 Å². The molecule has 5 heterocycles. The predicted octanol–water partition coefficient (Wildman–Crippen LogP) is 7.07. The molecule has 1 spiro atoms. The Labute approximate surface area is 483 Å². The van der Waals surface area contributed by atoms with Crippen molar-refractivity contribution in [2.24, 2.45) is 29.6 Å². The Kier molecular flexibility index (Phi) is 18.4. The predicted molar refractivity (Wildman–Crippen MR) is 299 cm³/mol. The molecule has 1 aliphatic carbocycles. The third-order valence-corrected chi connectivity index (χ3v) is 17.9. The number of piperidine rings is 1. The number of rotatable bonds is 8. The Morgan fingerprint density at radius 3 is 2.11 bits per heavy atom. The number of aromatic hydroxyl groups is 2. The van der Waals surface area contributed by atoms with Crippen molar-refractivity contribution in [3.8, 4) is 23.0 Å². The van der Waals surface area contributed by atoms with E-state index in [0.717, 1.165) is 4.90 Å². The molecule has 448 valence electrons. The number of aliphatic hydroxyl groups excluding tert-OH is 2. The van der Waals surface area contributed by atoms with E-state index >= 15 is 0 Å². The van der Waals surface area contributed by atoms with Crippen LogP contribution in [0, 0.1) is 29.6 Å². The minimum atomic E-state index is -2.62. The van der Waals surface area contributed by atoms with Crippen LogP contribution in [-0.2, 0) is 58.0 Å². The number of phenolic OH excluding ortho intramolecular Hbond substituents is 2. The highest BCUT2D eigenvalue weighted by atomic mass is 16.7. The van der Waals surface area contributed by atoms with Gasteiger partial charge in [-0.05, 0) is 125 Å². The topological polar surface area (TPSA) is 283 Å². The number of phenols is 2. The number of carbonyl (C=O) groups excluding carboxylic acids is 6. The number of hydrogen-bond acceptors (Lipinski definition) is 18. The largest absolute Gasteiger partial charge is 0.508 e. The molecular weight excluding hydrogens is 1070 g/mol. The Hall–Kier alpha value is -6.52. The molecular formula is C63H78N2O18. The molecule has 6 N–H and O–H groups in total. The molecule has 0 radical (unpaired) electrons. The number of amides is 2. The summed E-state index contributed by atoms with van der Waals surface area (Å²) >= 11 is 0. The maximum absolute atomic E-state index is 14.9. The number of methoxy groups -OCH3 is 3. The number of nitrogens with zero attached hydrogens (tertiary/aromatic N) is 1. The molecule has 1 saturated carbocycles. The first-order chi connectivity index (χ1) is 39.5. The standard InChI is InChI=1S/C63H78N2O18/c1-32-21-33(2)23-53(78-7)57-54(79-8)25-35(4)63(76,82-57)58(72)59(73)65-20-10-9-11-46(65)61(75)81-56(34(3)24-37-12-19-47(68)52(26-37)77-6)36(5)48(69)31-49(70)38(22-32)27-55(71)64-39-13-16-43-42(28-39)60(74)83-62(43)44-17-14-40(66)29-50(44)80-51-30-41(67)15-18-45(51)62/h13-18,22,24,28-30,33,35-38,46-48,52-54,56-57,66-69,76H,9-12,19-21,23,25-27,31H2,1-8H3,(H,64,71)/b32-22+,34-24+/t33-,35+,36+,37-,38-,46-,47+,48-,52+,53-,54-,56+,57+,63+/m0/s1. The summed E-state index contributed by atoms with van der Waals surface area (Å²) in [7, 11) is 4.47. The maximum Gasteiger partial charge on any atom is 0.340 e. The summed E-state index contributed by atoms with van der Waals surface area (Å²) in [4.78, 5) is 88.0. The van der Waals surface area contributed by atoms with E-state index in [4.69, 9.17) is 33.2 Å².